The summed E-state index contributed by atoms with van der Waals surface area (Å²) in [5.41, 5.74) is 1.01. The topological polar surface area (TPSA) is 102 Å². The molecule has 0 bridgehead atoms. The Morgan fingerprint density at radius 2 is 1.78 bits per heavy atom. The van der Waals surface area contributed by atoms with E-state index >= 15 is 0 Å². The number of sulfonamides is 1. The van der Waals surface area contributed by atoms with Crippen LogP contribution in [0, 0.1) is 11.8 Å². The number of hydrogen-bond donors (Lipinski definition) is 1. The molecule has 2 heterocycles. The standard InChI is InChI=1S/C22H24ClN3O5S/c1-14-9-15(2)12-25(11-14)32(29,30)18-7-8-19-20(10-18)31-22(28)26(19)13-21(27)24-17-5-3-16(23)4-6-17/h3-8,10,14-15H,9,11-13H2,1-2H3,(H,24,27)/t14-,15-/m1/s1. The van der Waals surface area contributed by atoms with E-state index in [0.717, 1.165) is 6.42 Å². The van der Waals surface area contributed by atoms with Crippen molar-refractivity contribution in [3.8, 4) is 0 Å². The minimum absolute atomic E-state index is 0.0674. The fourth-order valence-corrected chi connectivity index (χ4v) is 6.01. The highest BCUT2D eigenvalue weighted by molar-refractivity contribution is 7.89. The van der Waals surface area contributed by atoms with Gasteiger partial charge < -0.3 is 9.73 Å². The molecule has 8 nitrogen and oxygen atoms in total. The number of piperidine rings is 1. The predicted octanol–water partition coefficient (Wildman–Crippen LogP) is 3.55. The molecule has 170 valence electrons. The molecule has 0 unspecified atom stereocenters. The Labute approximate surface area is 190 Å². The number of hydrogen-bond acceptors (Lipinski definition) is 5. The summed E-state index contributed by atoms with van der Waals surface area (Å²) in [4.78, 5) is 24.8. The van der Waals surface area contributed by atoms with Gasteiger partial charge in [0.15, 0.2) is 5.58 Å². The number of benzene rings is 2. The van der Waals surface area contributed by atoms with E-state index in [1.54, 1.807) is 24.3 Å². The van der Waals surface area contributed by atoms with E-state index in [1.165, 1.54) is 27.1 Å². The van der Waals surface area contributed by atoms with Crippen LogP contribution in [0.5, 0.6) is 0 Å². The summed E-state index contributed by atoms with van der Waals surface area (Å²) < 4.78 is 34.2. The summed E-state index contributed by atoms with van der Waals surface area (Å²) in [6.45, 7) is 4.72. The largest absolute Gasteiger partial charge is 0.420 e. The van der Waals surface area contributed by atoms with Gasteiger partial charge in [0.25, 0.3) is 0 Å². The molecule has 1 amide bonds. The number of oxazole rings is 1. The summed E-state index contributed by atoms with van der Waals surface area (Å²) in [5, 5.41) is 3.23. The quantitative estimate of drug-likeness (QED) is 0.605. The van der Waals surface area contributed by atoms with Crippen LogP contribution in [-0.4, -0.2) is 36.3 Å². The fraction of sp³-hybridized carbons (Fsp3) is 0.364. The van der Waals surface area contributed by atoms with Gasteiger partial charge >= 0.3 is 5.76 Å². The zero-order valence-corrected chi connectivity index (χ0v) is 19.3. The average molecular weight is 478 g/mol. The minimum atomic E-state index is -3.72. The van der Waals surface area contributed by atoms with Crippen molar-refractivity contribution < 1.29 is 17.6 Å². The second kappa shape index (κ2) is 8.73. The average Bonchev–Trinajstić information content (AvgIpc) is 3.03. The van der Waals surface area contributed by atoms with Crippen molar-refractivity contribution in [3.05, 3.63) is 58.0 Å². The number of nitrogens with zero attached hydrogens (tertiary/aromatic N) is 2. The lowest BCUT2D eigenvalue weighted by Crippen LogP contribution is -2.42. The lowest BCUT2D eigenvalue weighted by atomic mass is 9.94. The van der Waals surface area contributed by atoms with Crippen molar-refractivity contribution in [2.45, 2.75) is 31.7 Å². The second-order valence-corrected chi connectivity index (χ2v) is 10.8. The first-order valence-electron chi connectivity index (χ1n) is 10.3. The third-order valence-corrected chi connectivity index (χ3v) is 7.62. The summed E-state index contributed by atoms with van der Waals surface area (Å²) >= 11 is 5.84. The molecule has 1 N–H and O–H groups in total. The van der Waals surface area contributed by atoms with Gasteiger partial charge in [-0.05, 0) is 54.7 Å². The van der Waals surface area contributed by atoms with Gasteiger partial charge in [0.05, 0.1) is 10.4 Å². The summed E-state index contributed by atoms with van der Waals surface area (Å²) in [5.74, 6) is -0.614. The maximum absolute atomic E-state index is 13.1. The molecule has 0 radical (unpaired) electrons. The highest BCUT2D eigenvalue weighted by Crippen LogP contribution is 2.28. The van der Waals surface area contributed by atoms with Gasteiger partial charge in [-0.25, -0.2) is 13.2 Å². The van der Waals surface area contributed by atoms with Gasteiger partial charge in [0.2, 0.25) is 15.9 Å². The highest BCUT2D eigenvalue weighted by atomic mass is 35.5. The van der Waals surface area contributed by atoms with Gasteiger partial charge in [-0.15, -0.1) is 0 Å². The Morgan fingerprint density at radius 1 is 1.12 bits per heavy atom. The normalized spacial score (nSPS) is 19.8. The number of aromatic nitrogens is 1. The molecular weight excluding hydrogens is 454 g/mol. The molecule has 2 aromatic carbocycles. The van der Waals surface area contributed by atoms with Crippen LogP contribution in [0.15, 0.2) is 56.6 Å². The Kier molecular flexibility index (Phi) is 6.15. The molecule has 10 heteroatoms. The van der Waals surface area contributed by atoms with Crippen LogP contribution >= 0.6 is 11.6 Å². The number of rotatable bonds is 5. The molecule has 0 spiro atoms. The van der Waals surface area contributed by atoms with Crippen molar-refractivity contribution in [2.75, 3.05) is 18.4 Å². The third kappa shape index (κ3) is 4.60. The number of amides is 1. The summed E-state index contributed by atoms with van der Waals surface area (Å²) in [6.07, 6.45) is 0.987. The van der Waals surface area contributed by atoms with E-state index < -0.39 is 21.7 Å². The molecule has 0 aliphatic carbocycles. The number of anilines is 1. The fourth-order valence-electron chi connectivity index (χ4n) is 4.19. The summed E-state index contributed by atoms with van der Waals surface area (Å²) in [6, 6.07) is 10.9. The van der Waals surface area contributed by atoms with Crippen LogP contribution in [0.1, 0.15) is 20.3 Å². The lowest BCUT2D eigenvalue weighted by molar-refractivity contribution is -0.116. The Morgan fingerprint density at radius 3 is 2.44 bits per heavy atom. The first-order chi connectivity index (χ1) is 15.1. The minimum Gasteiger partial charge on any atom is -0.408 e. The van der Waals surface area contributed by atoms with Crippen LogP contribution in [0.2, 0.25) is 5.02 Å². The number of halogens is 1. The van der Waals surface area contributed by atoms with Crippen molar-refractivity contribution in [2.24, 2.45) is 11.8 Å². The van der Waals surface area contributed by atoms with Gasteiger partial charge in [-0.3, -0.25) is 9.36 Å². The van der Waals surface area contributed by atoms with E-state index in [0.29, 0.717) is 29.3 Å². The van der Waals surface area contributed by atoms with Crippen LogP contribution in [0.25, 0.3) is 11.1 Å². The maximum Gasteiger partial charge on any atom is 0.420 e. The number of carbonyl (C=O) groups is 1. The first-order valence-corrected chi connectivity index (χ1v) is 12.1. The van der Waals surface area contributed by atoms with E-state index in [2.05, 4.69) is 5.32 Å². The van der Waals surface area contributed by atoms with Gasteiger partial charge in [-0.1, -0.05) is 25.4 Å². The van der Waals surface area contributed by atoms with Crippen LogP contribution in [0.4, 0.5) is 5.69 Å². The number of carbonyl (C=O) groups excluding carboxylic acids is 1. The van der Waals surface area contributed by atoms with Crippen LogP contribution < -0.4 is 11.1 Å². The third-order valence-electron chi connectivity index (χ3n) is 5.54. The van der Waals surface area contributed by atoms with E-state index in [1.807, 2.05) is 13.8 Å². The van der Waals surface area contributed by atoms with E-state index in [4.69, 9.17) is 16.0 Å². The van der Waals surface area contributed by atoms with Gasteiger partial charge in [0, 0.05) is 29.9 Å². The molecule has 2 atom stereocenters. The zero-order chi connectivity index (χ0) is 23.0. The molecule has 1 fully saturated rings. The van der Waals surface area contributed by atoms with Crippen molar-refractivity contribution in [1.29, 1.82) is 0 Å². The number of fused-ring (bicyclic) bond motifs is 1. The Balaban J connectivity index is 1.58. The van der Waals surface area contributed by atoms with Crippen molar-refractivity contribution in [3.63, 3.8) is 0 Å². The van der Waals surface area contributed by atoms with Gasteiger partial charge in [-0.2, -0.15) is 4.31 Å². The molecular formula is C22H24ClN3O5S. The van der Waals surface area contributed by atoms with Crippen molar-refractivity contribution in [1.82, 2.24) is 8.87 Å². The highest BCUT2D eigenvalue weighted by Gasteiger charge is 2.32. The molecule has 3 aromatic rings. The zero-order valence-electron chi connectivity index (χ0n) is 17.7. The SMILES string of the molecule is C[C@@H]1C[C@@H](C)CN(S(=O)(=O)c2ccc3c(c2)oc(=O)n3CC(=O)Nc2ccc(Cl)cc2)C1. The first kappa shape index (κ1) is 22.6. The smallest absolute Gasteiger partial charge is 0.408 e. The lowest BCUT2D eigenvalue weighted by Gasteiger charge is -2.34. The number of nitrogens with one attached hydrogen (secondary N) is 1. The molecule has 1 saturated heterocycles. The molecule has 32 heavy (non-hydrogen) atoms. The van der Waals surface area contributed by atoms with Crippen LogP contribution in [0.3, 0.4) is 0 Å². The van der Waals surface area contributed by atoms with Crippen LogP contribution in [-0.2, 0) is 21.4 Å². The van der Waals surface area contributed by atoms with Gasteiger partial charge in [0.1, 0.15) is 6.54 Å². The monoisotopic (exact) mass is 477 g/mol. The summed E-state index contributed by atoms with van der Waals surface area (Å²) in [7, 11) is -3.72. The molecule has 1 aromatic heterocycles. The second-order valence-electron chi connectivity index (χ2n) is 8.41. The molecule has 4 rings (SSSR count). The Bertz CT molecular complexity index is 1300. The van der Waals surface area contributed by atoms with Crippen molar-refractivity contribution >= 4 is 44.3 Å². The predicted molar refractivity (Wildman–Crippen MR) is 122 cm³/mol. The maximum atomic E-state index is 13.1. The molecule has 1 aliphatic heterocycles. The molecule has 0 saturated carbocycles. The Hall–Kier alpha value is -2.62. The molecule has 1 aliphatic rings. The van der Waals surface area contributed by atoms with E-state index in [-0.39, 0.29) is 28.9 Å². The van der Waals surface area contributed by atoms with E-state index in [9.17, 15) is 18.0 Å².